The van der Waals surface area contributed by atoms with Crippen LogP contribution in [0.3, 0.4) is 0 Å². The van der Waals surface area contributed by atoms with E-state index in [-0.39, 0.29) is 18.0 Å². The average molecular weight is 279 g/mol. The summed E-state index contributed by atoms with van der Waals surface area (Å²) >= 11 is 0. The molecule has 1 fully saturated rings. The highest BCUT2D eigenvalue weighted by Gasteiger charge is 2.37. The van der Waals surface area contributed by atoms with E-state index in [4.69, 9.17) is 10.5 Å². The van der Waals surface area contributed by atoms with Crippen LogP contribution < -0.4 is 10.5 Å². The third-order valence-electron chi connectivity index (χ3n) is 4.20. The first-order valence-electron chi connectivity index (χ1n) is 7.10. The Kier molecular flexibility index (Phi) is 4.43. The minimum Gasteiger partial charge on any atom is -0.494 e. The Morgan fingerprint density at radius 2 is 2.30 bits per heavy atom. The van der Waals surface area contributed by atoms with Crippen molar-refractivity contribution in [1.29, 1.82) is 0 Å². The van der Waals surface area contributed by atoms with Gasteiger partial charge in [-0.15, -0.1) is 0 Å². The molecule has 0 amide bonds. The minimum absolute atomic E-state index is 0.0340. The summed E-state index contributed by atoms with van der Waals surface area (Å²) in [5.74, 6) is 0.0817. The van der Waals surface area contributed by atoms with E-state index in [2.05, 4.69) is 6.92 Å². The highest BCUT2D eigenvalue weighted by atomic mass is 19.1. The summed E-state index contributed by atoms with van der Waals surface area (Å²) in [4.78, 5) is 12.5. The van der Waals surface area contributed by atoms with Crippen molar-refractivity contribution in [1.82, 2.24) is 0 Å². The zero-order valence-corrected chi connectivity index (χ0v) is 12.1. The molecule has 0 saturated heterocycles. The molecular formula is C16H22FNO2. The molecule has 2 unspecified atom stereocenters. The predicted molar refractivity (Wildman–Crippen MR) is 76.2 cm³/mol. The largest absolute Gasteiger partial charge is 0.494 e. The first-order chi connectivity index (χ1) is 9.46. The number of carbonyl (C=O) groups is 1. The number of benzene rings is 1. The molecule has 110 valence electrons. The van der Waals surface area contributed by atoms with Crippen molar-refractivity contribution in [2.24, 2.45) is 11.7 Å². The molecule has 2 atom stereocenters. The standard InChI is InChI=1S/C16H22FNO2/c1-11-5-4-8-16(18,10-11)14(19)9-12-6-3-7-13(20-2)15(12)17/h3,6-7,11H,4-5,8-10,18H2,1-2H3. The zero-order chi connectivity index (χ0) is 14.8. The molecular weight excluding hydrogens is 257 g/mol. The van der Waals surface area contributed by atoms with Gasteiger partial charge in [0, 0.05) is 6.42 Å². The Morgan fingerprint density at radius 1 is 1.55 bits per heavy atom. The van der Waals surface area contributed by atoms with Gasteiger partial charge < -0.3 is 10.5 Å². The van der Waals surface area contributed by atoms with Gasteiger partial charge in [-0.25, -0.2) is 4.39 Å². The number of carbonyl (C=O) groups excluding carboxylic acids is 1. The lowest BCUT2D eigenvalue weighted by Gasteiger charge is -2.35. The molecule has 1 aromatic carbocycles. The van der Waals surface area contributed by atoms with Gasteiger partial charge in [0.2, 0.25) is 0 Å². The number of methoxy groups -OCH3 is 1. The molecule has 0 spiro atoms. The molecule has 0 aromatic heterocycles. The van der Waals surface area contributed by atoms with Crippen LogP contribution in [-0.2, 0) is 11.2 Å². The first kappa shape index (κ1) is 15.0. The normalized spacial score (nSPS) is 26.3. The fraction of sp³-hybridized carbons (Fsp3) is 0.562. The van der Waals surface area contributed by atoms with Crippen LogP contribution in [-0.4, -0.2) is 18.4 Å². The molecule has 1 aromatic rings. The van der Waals surface area contributed by atoms with Gasteiger partial charge in [-0.1, -0.05) is 31.9 Å². The van der Waals surface area contributed by atoms with Crippen molar-refractivity contribution in [2.45, 2.75) is 44.6 Å². The van der Waals surface area contributed by atoms with Crippen molar-refractivity contribution < 1.29 is 13.9 Å². The van der Waals surface area contributed by atoms with Crippen LogP contribution in [0.5, 0.6) is 5.75 Å². The van der Waals surface area contributed by atoms with Gasteiger partial charge in [0.1, 0.15) is 0 Å². The Labute approximate surface area is 119 Å². The smallest absolute Gasteiger partial charge is 0.168 e. The second-order valence-electron chi connectivity index (χ2n) is 5.89. The van der Waals surface area contributed by atoms with E-state index in [9.17, 15) is 9.18 Å². The van der Waals surface area contributed by atoms with E-state index in [1.54, 1.807) is 18.2 Å². The van der Waals surface area contributed by atoms with Gasteiger partial charge in [0.15, 0.2) is 17.3 Å². The molecule has 1 aliphatic rings. The zero-order valence-electron chi connectivity index (χ0n) is 12.1. The monoisotopic (exact) mass is 279 g/mol. The van der Waals surface area contributed by atoms with Gasteiger partial charge in [-0.2, -0.15) is 0 Å². The maximum Gasteiger partial charge on any atom is 0.168 e. The van der Waals surface area contributed by atoms with Gasteiger partial charge in [0.25, 0.3) is 0 Å². The van der Waals surface area contributed by atoms with Crippen LogP contribution in [0.25, 0.3) is 0 Å². The number of halogens is 1. The lowest BCUT2D eigenvalue weighted by atomic mass is 9.73. The van der Waals surface area contributed by atoms with Gasteiger partial charge >= 0.3 is 0 Å². The maximum absolute atomic E-state index is 14.1. The van der Waals surface area contributed by atoms with Crippen LogP contribution in [0.1, 0.15) is 38.2 Å². The quantitative estimate of drug-likeness (QED) is 0.922. The summed E-state index contributed by atoms with van der Waals surface area (Å²) in [5.41, 5.74) is 5.82. The van der Waals surface area contributed by atoms with E-state index in [0.717, 1.165) is 12.8 Å². The average Bonchev–Trinajstić information content (AvgIpc) is 2.40. The number of hydrogen-bond donors (Lipinski definition) is 1. The van der Waals surface area contributed by atoms with Crippen LogP contribution in [0.2, 0.25) is 0 Å². The fourth-order valence-corrected chi connectivity index (χ4v) is 3.04. The summed E-state index contributed by atoms with van der Waals surface area (Å²) in [6, 6.07) is 4.85. The third kappa shape index (κ3) is 3.01. The van der Waals surface area contributed by atoms with Crippen molar-refractivity contribution in [3.63, 3.8) is 0 Å². The maximum atomic E-state index is 14.1. The van der Waals surface area contributed by atoms with E-state index in [1.165, 1.54) is 7.11 Å². The van der Waals surface area contributed by atoms with E-state index in [0.29, 0.717) is 24.3 Å². The molecule has 0 bridgehead atoms. The molecule has 2 rings (SSSR count). The van der Waals surface area contributed by atoms with Crippen LogP contribution >= 0.6 is 0 Å². The number of ketones is 1. The second kappa shape index (κ2) is 5.92. The number of rotatable bonds is 4. The van der Waals surface area contributed by atoms with E-state index in [1.807, 2.05) is 0 Å². The van der Waals surface area contributed by atoms with E-state index < -0.39 is 11.4 Å². The molecule has 2 N–H and O–H groups in total. The summed E-state index contributed by atoms with van der Waals surface area (Å²) < 4.78 is 19.0. The van der Waals surface area contributed by atoms with Gasteiger partial charge in [-0.3, -0.25) is 4.79 Å². The summed E-state index contributed by atoms with van der Waals surface area (Å²) in [5, 5.41) is 0. The number of nitrogens with two attached hydrogens (primary N) is 1. The Hall–Kier alpha value is -1.42. The number of ether oxygens (including phenoxy) is 1. The molecule has 1 aliphatic carbocycles. The van der Waals surface area contributed by atoms with Crippen LogP contribution in [0, 0.1) is 11.7 Å². The Bertz CT molecular complexity index is 503. The third-order valence-corrected chi connectivity index (χ3v) is 4.20. The van der Waals surface area contributed by atoms with Gasteiger partial charge in [-0.05, 0) is 30.4 Å². The van der Waals surface area contributed by atoms with Crippen molar-refractivity contribution in [3.8, 4) is 5.75 Å². The minimum atomic E-state index is -0.798. The second-order valence-corrected chi connectivity index (χ2v) is 5.89. The molecule has 3 nitrogen and oxygen atoms in total. The molecule has 0 radical (unpaired) electrons. The number of Topliss-reactive ketones (excluding diaryl/α,β-unsaturated/α-hetero) is 1. The van der Waals surface area contributed by atoms with Crippen molar-refractivity contribution in [3.05, 3.63) is 29.6 Å². The van der Waals surface area contributed by atoms with E-state index >= 15 is 0 Å². The molecule has 0 aliphatic heterocycles. The first-order valence-corrected chi connectivity index (χ1v) is 7.10. The lowest BCUT2D eigenvalue weighted by Crippen LogP contribution is -2.51. The van der Waals surface area contributed by atoms with Crippen molar-refractivity contribution in [2.75, 3.05) is 7.11 Å². The molecule has 0 heterocycles. The Balaban J connectivity index is 2.15. The number of hydrogen-bond acceptors (Lipinski definition) is 3. The highest BCUT2D eigenvalue weighted by Crippen LogP contribution is 2.32. The van der Waals surface area contributed by atoms with Crippen molar-refractivity contribution >= 4 is 5.78 Å². The highest BCUT2D eigenvalue weighted by molar-refractivity contribution is 5.90. The summed E-state index contributed by atoms with van der Waals surface area (Å²) in [7, 11) is 1.41. The molecule has 20 heavy (non-hydrogen) atoms. The summed E-state index contributed by atoms with van der Waals surface area (Å²) in [6.45, 7) is 2.11. The molecule has 4 heteroatoms. The lowest BCUT2D eigenvalue weighted by molar-refractivity contribution is -0.125. The van der Waals surface area contributed by atoms with Gasteiger partial charge in [0.05, 0.1) is 12.6 Å². The van der Waals surface area contributed by atoms with Crippen LogP contribution in [0.15, 0.2) is 18.2 Å². The Morgan fingerprint density at radius 3 is 2.95 bits per heavy atom. The summed E-state index contributed by atoms with van der Waals surface area (Å²) in [6.07, 6.45) is 3.50. The topological polar surface area (TPSA) is 52.3 Å². The van der Waals surface area contributed by atoms with Crippen LogP contribution in [0.4, 0.5) is 4.39 Å². The fourth-order valence-electron chi connectivity index (χ4n) is 3.04. The SMILES string of the molecule is COc1cccc(CC(=O)C2(N)CCCC(C)C2)c1F. The molecule has 1 saturated carbocycles. The predicted octanol–water partition coefficient (Wildman–Crippen LogP) is 2.85.